The fourth-order valence-electron chi connectivity index (χ4n) is 2.06. The number of hydrogen-bond donors (Lipinski definition) is 3. The molecule has 1 aliphatic heterocycles. The summed E-state index contributed by atoms with van der Waals surface area (Å²) in [4.78, 5) is 7.37. The smallest absolute Gasteiger partial charge is 0.126 e. The average Bonchev–Trinajstić information content (AvgIpc) is 2.46. The van der Waals surface area contributed by atoms with Crippen molar-refractivity contribution in [3.8, 4) is 6.07 Å². The van der Waals surface area contributed by atoms with E-state index in [0.29, 0.717) is 17.6 Å². The van der Waals surface area contributed by atoms with Crippen molar-refractivity contribution in [3.05, 3.63) is 35.0 Å². The van der Waals surface area contributed by atoms with Crippen LogP contribution >= 0.6 is 12.6 Å². The normalized spacial score (nSPS) is 23.5. The van der Waals surface area contributed by atoms with Gasteiger partial charge in [0.05, 0.1) is 11.6 Å². The quantitative estimate of drug-likeness (QED) is 0.719. The van der Waals surface area contributed by atoms with Crippen molar-refractivity contribution in [1.82, 2.24) is 9.88 Å². The molecule has 2 heterocycles. The van der Waals surface area contributed by atoms with Crippen LogP contribution in [-0.4, -0.2) is 35.1 Å². The molecule has 0 saturated carbocycles. The van der Waals surface area contributed by atoms with Gasteiger partial charge in [0.25, 0.3) is 0 Å². The minimum absolute atomic E-state index is 0.361. The van der Waals surface area contributed by atoms with Crippen molar-refractivity contribution < 1.29 is 0 Å². The molecule has 3 N–H and O–H groups in total. The summed E-state index contributed by atoms with van der Waals surface area (Å²) in [5.74, 6) is 0.802. The van der Waals surface area contributed by atoms with E-state index >= 15 is 0 Å². The monoisotopic (exact) mass is 275 g/mol. The van der Waals surface area contributed by atoms with Crippen LogP contribution in [0, 0.1) is 11.3 Å². The first-order valence-electron chi connectivity index (χ1n) is 6.10. The Bertz CT molecular complexity index is 505. The van der Waals surface area contributed by atoms with Crippen molar-refractivity contribution in [2.75, 3.05) is 18.4 Å². The Hall–Kier alpha value is -1.71. The van der Waals surface area contributed by atoms with Gasteiger partial charge in [-0.05, 0) is 19.1 Å². The molecule has 0 radical (unpaired) electrons. The molecule has 2 atom stereocenters. The molecule has 6 heteroatoms. The Labute approximate surface area is 118 Å². The van der Waals surface area contributed by atoms with E-state index in [1.54, 1.807) is 12.3 Å². The summed E-state index contributed by atoms with van der Waals surface area (Å²) in [6.07, 6.45) is 3.10. The molecule has 2 rings (SSSR count). The Morgan fingerprint density at radius 2 is 2.53 bits per heavy atom. The van der Waals surface area contributed by atoms with E-state index in [0.717, 1.165) is 23.8 Å². The fourth-order valence-corrected chi connectivity index (χ4v) is 2.24. The first-order valence-corrected chi connectivity index (χ1v) is 6.55. The highest BCUT2D eigenvalue weighted by Gasteiger charge is 2.35. The van der Waals surface area contributed by atoms with Gasteiger partial charge in [0, 0.05) is 36.4 Å². The van der Waals surface area contributed by atoms with E-state index in [9.17, 15) is 0 Å². The van der Waals surface area contributed by atoms with Gasteiger partial charge >= 0.3 is 0 Å². The van der Waals surface area contributed by atoms with Crippen molar-refractivity contribution in [2.45, 2.75) is 19.0 Å². The van der Waals surface area contributed by atoms with E-state index in [1.165, 1.54) is 6.20 Å². The molecule has 2 unspecified atom stereocenters. The van der Waals surface area contributed by atoms with Crippen LogP contribution in [0.25, 0.3) is 0 Å². The fraction of sp³-hybridized carbons (Fsp3) is 0.385. The van der Waals surface area contributed by atoms with Crippen LogP contribution in [0.2, 0.25) is 0 Å². The number of hydrogen-bond acceptors (Lipinski definition) is 6. The number of nitrogens with two attached hydrogens (primary N) is 1. The van der Waals surface area contributed by atoms with E-state index < -0.39 is 0 Å². The number of nitrogens with zero attached hydrogens (tertiary/aromatic N) is 3. The molecule has 1 aromatic heterocycles. The number of aromatic nitrogens is 1. The van der Waals surface area contributed by atoms with E-state index in [1.807, 2.05) is 6.07 Å². The van der Waals surface area contributed by atoms with Gasteiger partial charge in [-0.1, -0.05) is 0 Å². The maximum absolute atomic E-state index is 8.71. The second kappa shape index (κ2) is 5.95. The standard InChI is InChI=1S/C13H17N5S/c1-9-12(8-18(9)7-11(19)5-15)17-13-3-2-10(4-14)6-16-13/h2-3,5-6,9,12,19H,7-8,15H2,1H3,(H,16,17)/b11-5-. The zero-order valence-electron chi connectivity index (χ0n) is 10.7. The second-order valence-electron chi connectivity index (χ2n) is 4.62. The Morgan fingerprint density at radius 1 is 1.74 bits per heavy atom. The minimum Gasteiger partial charge on any atom is -0.404 e. The SMILES string of the molecule is CC1C(Nc2ccc(C#N)cn2)CN1C/C(S)=C/N. The molecule has 5 nitrogen and oxygen atoms in total. The molecule has 0 aromatic carbocycles. The van der Waals surface area contributed by atoms with Gasteiger partial charge in [0.1, 0.15) is 11.9 Å². The first kappa shape index (κ1) is 13.7. The molecule has 0 aliphatic carbocycles. The number of nitrogens with one attached hydrogen (secondary N) is 1. The lowest BCUT2D eigenvalue weighted by molar-refractivity contribution is 0.100. The van der Waals surface area contributed by atoms with Crippen LogP contribution in [-0.2, 0) is 0 Å². The molecule has 19 heavy (non-hydrogen) atoms. The molecule has 0 bridgehead atoms. The second-order valence-corrected chi connectivity index (χ2v) is 5.20. The molecule has 0 spiro atoms. The predicted molar refractivity (Wildman–Crippen MR) is 78.7 cm³/mol. The first-order chi connectivity index (χ1) is 9.13. The van der Waals surface area contributed by atoms with E-state index in [2.05, 4.69) is 40.8 Å². The maximum atomic E-state index is 8.71. The highest BCUT2D eigenvalue weighted by molar-refractivity contribution is 7.84. The third kappa shape index (κ3) is 3.19. The van der Waals surface area contributed by atoms with Gasteiger partial charge in [-0.3, -0.25) is 4.90 Å². The van der Waals surface area contributed by atoms with Crippen molar-refractivity contribution in [1.29, 1.82) is 5.26 Å². The largest absolute Gasteiger partial charge is 0.404 e. The summed E-state index contributed by atoms with van der Waals surface area (Å²) in [5.41, 5.74) is 5.98. The van der Waals surface area contributed by atoms with Crippen LogP contribution in [0.5, 0.6) is 0 Å². The third-order valence-corrected chi connectivity index (χ3v) is 3.66. The third-order valence-electron chi connectivity index (χ3n) is 3.37. The Balaban J connectivity index is 1.87. The Morgan fingerprint density at radius 3 is 3.05 bits per heavy atom. The number of thiol groups is 1. The van der Waals surface area contributed by atoms with Crippen LogP contribution in [0.4, 0.5) is 5.82 Å². The number of likely N-dealkylation sites (tertiary alicyclic amines) is 1. The lowest BCUT2D eigenvalue weighted by atomic mass is 9.98. The van der Waals surface area contributed by atoms with E-state index in [-0.39, 0.29) is 0 Å². The lowest BCUT2D eigenvalue weighted by Crippen LogP contribution is -2.62. The molecular weight excluding hydrogens is 258 g/mol. The van der Waals surface area contributed by atoms with Crippen molar-refractivity contribution in [3.63, 3.8) is 0 Å². The number of nitriles is 1. The summed E-state index contributed by atoms with van der Waals surface area (Å²) in [6, 6.07) is 6.41. The minimum atomic E-state index is 0.361. The highest BCUT2D eigenvalue weighted by Crippen LogP contribution is 2.22. The zero-order chi connectivity index (χ0) is 13.8. The average molecular weight is 275 g/mol. The van der Waals surface area contributed by atoms with Crippen LogP contribution in [0.1, 0.15) is 12.5 Å². The van der Waals surface area contributed by atoms with Crippen LogP contribution in [0.15, 0.2) is 29.4 Å². The van der Waals surface area contributed by atoms with Gasteiger partial charge in [-0.15, -0.1) is 12.6 Å². The summed E-state index contributed by atoms with van der Waals surface area (Å²) in [6.45, 7) is 3.86. The molecule has 1 saturated heterocycles. The van der Waals surface area contributed by atoms with Crippen LogP contribution in [0.3, 0.4) is 0 Å². The molecule has 100 valence electrons. The number of rotatable bonds is 4. The van der Waals surface area contributed by atoms with Crippen molar-refractivity contribution >= 4 is 18.4 Å². The summed E-state index contributed by atoms with van der Waals surface area (Å²) >= 11 is 4.28. The van der Waals surface area contributed by atoms with Crippen molar-refractivity contribution in [2.24, 2.45) is 5.73 Å². The lowest BCUT2D eigenvalue weighted by Gasteiger charge is -2.46. The van der Waals surface area contributed by atoms with Gasteiger partial charge in [0.15, 0.2) is 0 Å². The molecule has 1 fully saturated rings. The van der Waals surface area contributed by atoms with E-state index in [4.69, 9.17) is 11.0 Å². The van der Waals surface area contributed by atoms with Gasteiger partial charge in [0.2, 0.25) is 0 Å². The predicted octanol–water partition coefficient (Wildman–Crippen LogP) is 1.17. The van der Waals surface area contributed by atoms with Gasteiger partial charge in [-0.2, -0.15) is 5.26 Å². The topological polar surface area (TPSA) is 78.0 Å². The number of anilines is 1. The molecule has 0 amide bonds. The summed E-state index contributed by atoms with van der Waals surface area (Å²) in [5, 5.41) is 12.1. The molecule has 1 aromatic rings. The maximum Gasteiger partial charge on any atom is 0.126 e. The summed E-state index contributed by atoms with van der Waals surface area (Å²) < 4.78 is 0. The summed E-state index contributed by atoms with van der Waals surface area (Å²) in [7, 11) is 0. The van der Waals surface area contributed by atoms with Crippen LogP contribution < -0.4 is 11.1 Å². The number of pyridine rings is 1. The van der Waals surface area contributed by atoms with Gasteiger partial charge in [-0.25, -0.2) is 4.98 Å². The highest BCUT2D eigenvalue weighted by atomic mass is 32.1. The zero-order valence-corrected chi connectivity index (χ0v) is 11.6. The van der Waals surface area contributed by atoms with Gasteiger partial charge < -0.3 is 11.1 Å². The Kier molecular flexibility index (Phi) is 4.30. The molecule has 1 aliphatic rings. The molecular formula is C13H17N5S.